The van der Waals surface area contributed by atoms with Crippen LogP contribution < -0.4 is 5.32 Å². The van der Waals surface area contributed by atoms with Crippen molar-refractivity contribution in [3.8, 4) is 0 Å². The molecule has 1 aromatic carbocycles. The summed E-state index contributed by atoms with van der Waals surface area (Å²) >= 11 is 14.5. The molecule has 17 heavy (non-hydrogen) atoms. The molecular weight excluding hydrogens is 332 g/mol. The molecule has 1 atom stereocenters. The molecule has 0 aromatic heterocycles. The smallest absolute Gasteiger partial charge is 0.238 e. The summed E-state index contributed by atoms with van der Waals surface area (Å²) in [6, 6.07) is 2.64. The van der Waals surface area contributed by atoms with E-state index in [-0.39, 0.29) is 26.7 Å². The first kappa shape index (κ1) is 14.7. The Balaban J connectivity index is 2.86. The van der Waals surface area contributed by atoms with Gasteiger partial charge in [0.15, 0.2) is 5.82 Å². The van der Waals surface area contributed by atoms with Gasteiger partial charge in [-0.3, -0.25) is 4.79 Å². The normalized spacial score (nSPS) is 12.6. The van der Waals surface area contributed by atoms with Gasteiger partial charge in [0, 0.05) is 5.69 Å². The lowest BCUT2D eigenvalue weighted by molar-refractivity contribution is -0.116. The maximum Gasteiger partial charge on any atom is 0.238 e. The van der Waals surface area contributed by atoms with Gasteiger partial charge in [0.05, 0.1) is 14.9 Å². The molecule has 0 fully saturated rings. The van der Waals surface area contributed by atoms with E-state index in [0.717, 1.165) is 0 Å². The quantitative estimate of drug-likeness (QED) is 0.636. The van der Waals surface area contributed by atoms with Gasteiger partial charge < -0.3 is 5.32 Å². The summed E-state index contributed by atoms with van der Waals surface area (Å²) in [4.78, 5) is 11.4. The summed E-state index contributed by atoms with van der Waals surface area (Å²) in [6.45, 7) is 3.81. The average molecular weight is 343 g/mol. The van der Waals surface area contributed by atoms with Crippen molar-refractivity contribution in [3.05, 3.63) is 28.0 Å². The molecule has 1 amide bonds. The number of hydrogen-bond acceptors (Lipinski definition) is 1. The van der Waals surface area contributed by atoms with Crippen molar-refractivity contribution in [2.75, 3.05) is 5.32 Å². The van der Waals surface area contributed by atoms with E-state index in [9.17, 15) is 9.18 Å². The topological polar surface area (TPSA) is 29.1 Å². The summed E-state index contributed by atoms with van der Waals surface area (Å²) in [5, 5.41) is 2.37. The minimum atomic E-state index is -0.689. The molecule has 0 radical (unpaired) electrons. The van der Waals surface area contributed by atoms with Crippen LogP contribution in [0.4, 0.5) is 10.1 Å². The summed E-state index contributed by atoms with van der Waals surface area (Å²) in [5.74, 6) is -0.772. The molecule has 1 unspecified atom stereocenters. The van der Waals surface area contributed by atoms with Gasteiger partial charge in [-0.1, -0.05) is 53.0 Å². The zero-order chi connectivity index (χ0) is 13.2. The molecule has 0 spiro atoms. The monoisotopic (exact) mass is 341 g/mol. The van der Waals surface area contributed by atoms with Crippen molar-refractivity contribution in [1.29, 1.82) is 0 Å². The Labute approximate surface area is 118 Å². The van der Waals surface area contributed by atoms with Crippen LogP contribution in [0.15, 0.2) is 12.1 Å². The van der Waals surface area contributed by atoms with Crippen molar-refractivity contribution in [3.63, 3.8) is 0 Å². The molecule has 0 bridgehead atoms. The number of nitrogens with one attached hydrogen (secondary N) is 1. The third-order valence-electron chi connectivity index (χ3n) is 2.09. The predicted molar refractivity (Wildman–Crippen MR) is 72.6 cm³/mol. The van der Waals surface area contributed by atoms with Crippen molar-refractivity contribution < 1.29 is 9.18 Å². The lowest BCUT2D eigenvalue weighted by Crippen LogP contribution is -2.27. The number of alkyl halides is 1. The van der Waals surface area contributed by atoms with Crippen LogP contribution in [0.25, 0.3) is 0 Å². The number of carbonyl (C=O) groups is 1. The van der Waals surface area contributed by atoms with Gasteiger partial charge in [-0.15, -0.1) is 0 Å². The highest BCUT2D eigenvalue weighted by atomic mass is 79.9. The fourth-order valence-electron chi connectivity index (χ4n) is 1.14. The molecule has 0 saturated carbocycles. The van der Waals surface area contributed by atoms with E-state index in [0.29, 0.717) is 5.69 Å². The second-order valence-corrected chi connectivity index (χ2v) is 5.69. The van der Waals surface area contributed by atoms with Crippen LogP contribution >= 0.6 is 39.1 Å². The number of rotatable bonds is 3. The number of hydrogen-bond donors (Lipinski definition) is 1. The van der Waals surface area contributed by atoms with E-state index >= 15 is 0 Å². The summed E-state index contributed by atoms with van der Waals surface area (Å²) in [5.41, 5.74) is 0.372. The highest BCUT2D eigenvalue weighted by Gasteiger charge is 2.19. The SMILES string of the molecule is CC(C)C(Br)C(=O)Nc1cc(Cl)c(F)c(Cl)c1. The number of amides is 1. The lowest BCUT2D eigenvalue weighted by atomic mass is 10.1. The van der Waals surface area contributed by atoms with Gasteiger partial charge in [-0.25, -0.2) is 4.39 Å². The molecule has 2 nitrogen and oxygen atoms in total. The number of anilines is 1. The fraction of sp³-hybridized carbons (Fsp3) is 0.364. The van der Waals surface area contributed by atoms with Crippen LogP contribution in [0.2, 0.25) is 10.0 Å². The highest BCUT2D eigenvalue weighted by molar-refractivity contribution is 9.10. The van der Waals surface area contributed by atoms with Gasteiger partial charge in [0.2, 0.25) is 5.91 Å². The zero-order valence-corrected chi connectivity index (χ0v) is 12.3. The molecule has 94 valence electrons. The molecule has 0 saturated heterocycles. The number of benzene rings is 1. The Morgan fingerprint density at radius 2 is 1.82 bits per heavy atom. The molecular formula is C11H11BrCl2FNO. The van der Waals surface area contributed by atoms with Crippen molar-refractivity contribution in [2.45, 2.75) is 18.7 Å². The summed E-state index contributed by atoms with van der Waals surface area (Å²) < 4.78 is 13.1. The highest BCUT2D eigenvalue weighted by Crippen LogP contribution is 2.27. The first-order chi connectivity index (χ1) is 7.82. The maximum atomic E-state index is 13.1. The van der Waals surface area contributed by atoms with E-state index < -0.39 is 5.82 Å². The van der Waals surface area contributed by atoms with Gasteiger partial charge in [0.25, 0.3) is 0 Å². The van der Waals surface area contributed by atoms with Crippen molar-refractivity contribution in [1.82, 2.24) is 0 Å². The summed E-state index contributed by atoms with van der Waals surface area (Å²) in [6.07, 6.45) is 0. The number of carbonyl (C=O) groups excluding carboxylic acids is 1. The van der Waals surface area contributed by atoms with Gasteiger partial charge in [0.1, 0.15) is 0 Å². The Morgan fingerprint density at radius 3 is 2.24 bits per heavy atom. The van der Waals surface area contributed by atoms with Gasteiger partial charge >= 0.3 is 0 Å². The van der Waals surface area contributed by atoms with Crippen LogP contribution in [0.5, 0.6) is 0 Å². The lowest BCUT2D eigenvalue weighted by Gasteiger charge is -2.14. The first-order valence-corrected chi connectivity index (χ1v) is 6.59. The predicted octanol–water partition coefficient (Wildman–Crippen LogP) is 4.49. The van der Waals surface area contributed by atoms with E-state index in [2.05, 4.69) is 21.2 Å². The van der Waals surface area contributed by atoms with E-state index in [1.54, 1.807) is 0 Å². The average Bonchev–Trinajstić information content (AvgIpc) is 2.24. The molecule has 1 aromatic rings. The van der Waals surface area contributed by atoms with Crippen LogP contribution in [-0.2, 0) is 4.79 Å². The van der Waals surface area contributed by atoms with Crippen LogP contribution in [0.1, 0.15) is 13.8 Å². The van der Waals surface area contributed by atoms with E-state index in [4.69, 9.17) is 23.2 Å². The van der Waals surface area contributed by atoms with Crippen LogP contribution in [0, 0.1) is 11.7 Å². The Morgan fingerprint density at radius 1 is 1.35 bits per heavy atom. The maximum absolute atomic E-state index is 13.1. The molecule has 0 aliphatic heterocycles. The zero-order valence-electron chi connectivity index (χ0n) is 9.23. The fourth-order valence-corrected chi connectivity index (χ4v) is 1.74. The Kier molecular flexibility index (Phi) is 5.22. The Hall–Kier alpha value is -0.320. The number of halogens is 4. The Bertz CT molecular complexity index is 416. The van der Waals surface area contributed by atoms with E-state index in [1.165, 1.54) is 12.1 Å². The molecule has 0 aliphatic carbocycles. The molecule has 0 heterocycles. The van der Waals surface area contributed by atoms with Crippen molar-refractivity contribution >= 4 is 50.7 Å². The minimum Gasteiger partial charge on any atom is -0.325 e. The molecule has 6 heteroatoms. The minimum absolute atomic E-state index is 0.122. The van der Waals surface area contributed by atoms with E-state index in [1.807, 2.05) is 13.8 Å². The second kappa shape index (κ2) is 6.03. The molecule has 1 rings (SSSR count). The van der Waals surface area contributed by atoms with Crippen LogP contribution in [-0.4, -0.2) is 10.7 Å². The van der Waals surface area contributed by atoms with Gasteiger partial charge in [-0.2, -0.15) is 0 Å². The molecule has 1 N–H and O–H groups in total. The van der Waals surface area contributed by atoms with Gasteiger partial charge in [-0.05, 0) is 18.1 Å². The first-order valence-electron chi connectivity index (χ1n) is 4.92. The third kappa shape index (κ3) is 3.83. The third-order valence-corrected chi connectivity index (χ3v) is 4.11. The largest absolute Gasteiger partial charge is 0.325 e. The molecule has 0 aliphatic rings. The second-order valence-electron chi connectivity index (χ2n) is 3.89. The standard InChI is InChI=1S/C11H11BrCl2FNO/c1-5(2)9(12)11(17)16-6-3-7(13)10(15)8(14)4-6/h3-5,9H,1-2H3,(H,16,17). The van der Waals surface area contributed by atoms with Crippen LogP contribution in [0.3, 0.4) is 0 Å². The summed E-state index contributed by atoms with van der Waals surface area (Å²) in [7, 11) is 0. The van der Waals surface area contributed by atoms with Crippen molar-refractivity contribution in [2.24, 2.45) is 5.92 Å².